The maximum absolute atomic E-state index is 12.8. The van der Waals surface area contributed by atoms with Crippen molar-refractivity contribution in [3.8, 4) is 5.69 Å². The van der Waals surface area contributed by atoms with Crippen molar-refractivity contribution in [1.82, 2.24) is 9.78 Å². The first-order valence-corrected chi connectivity index (χ1v) is 9.83. The van der Waals surface area contributed by atoms with Gasteiger partial charge < -0.3 is 15.4 Å². The van der Waals surface area contributed by atoms with Gasteiger partial charge in [-0.25, -0.2) is 4.68 Å². The number of hydrogen-bond donors (Lipinski definition) is 2. The SMILES string of the molecule is COCCNc1ccc(C(=O)Nc2cc(C)nn2-c2cccc(Br)c2)cc1[N+](=O)[O-]. The third-order valence-electron chi connectivity index (χ3n) is 4.20. The van der Waals surface area contributed by atoms with E-state index >= 15 is 0 Å². The molecule has 2 aromatic carbocycles. The monoisotopic (exact) mass is 473 g/mol. The second-order valence-electron chi connectivity index (χ2n) is 6.43. The van der Waals surface area contributed by atoms with Gasteiger partial charge in [-0.05, 0) is 37.3 Å². The van der Waals surface area contributed by atoms with Gasteiger partial charge in [0.05, 0.1) is 22.9 Å². The van der Waals surface area contributed by atoms with E-state index in [4.69, 9.17) is 4.74 Å². The number of rotatable bonds is 8. The molecule has 3 rings (SSSR count). The molecule has 1 aromatic heterocycles. The van der Waals surface area contributed by atoms with E-state index in [9.17, 15) is 14.9 Å². The lowest BCUT2D eigenvalue weighted by molar-refractivity contribution is -0.384. The molecule has 30 heavy (non-hydrogen) atoms. The van der Waals surface area contributed by atoms with E-state index < -0.39 is 10.8 Å². The van der Waals surface area contributed by atoms with Gasteiger partial charge >= 0.3 is 0 Å². The predicted octanol–water partition coefficient (Wildman–Crippen LogP) is 4.16. The average Bonchev–Trinajstić information content (AvgIpc) is 3.08. The van der Waals surface area contributed by atoms with Gasteiger partial charge in [-0.3, -0.25) is 14.9 Å². The summed E-state index contributed by atoms with van der Waals surface area (Å²) in [6.07, 6.45) is 0. The van der Waals surface area contributed by atoms with Crippen molar-refractivity contribution in [1.29, 1.82) is 0 Å². The maximum atomic E-state index is 12.8. The van der Waals surface area contributed by atoms with E-state index in [1.54, 1.807) is 17.9 Å². The van der Waals surface area contributed by atoms with E-state index in [2.05, 4.69) is 31.7 Å². The summed E-state index contributed by atoms with van der Waals surface area (Å²) in [4.78, 5) is 23.7. The standard InChI is InChI=1S/C20H20BrN5O4/c1-13-10-19(25(24-13)16-5-3-4-15(21)12-16)23-20(27)14-6-7-17(22-8-9-30-2)18(11-14)26(28)29/h3-7,10-12,22H,8-9H2,1-2H3,(H,23,27). The lowest BCUT2D eigenvalue weighted by atomic mass is 10.1. The van der Waals surface area contributed by atoms with Crippen molar-refractivity contribution in [3.63, 3.8) is 0 Å². The van der Waals surface area contributed by atoms with Crippen LogP contribution >= 0.6 is 15.9 Å². The van der Waals surface area contributed by atoms with E-state index in [-0.39, 0.29) is 11.3 Å². The molecule has 9 nitrogen and oxygen atoms in total. The molecule has 0 aliphatic heterocycles. The highest BCUT2D eigenvalue weighted by Crippen LogP contribution is 2.26. The number of halogens is 1. The number of carbonyl (C=O) groups excluding carboxylic acids is 1. The lowest BCUT2D eigenvalue weighted by Crippen LogP contribution is -2.16. The zero-order chi connectivity index (χ0) is 21.7. The summed E-state index contributed by atoms with van der Waals surface area (Å²) >= 11 is 3.42. The number of hydrogen-bond acceptors (Lipinski definition) is 6. The van der Waals surface area contributed by atoms with Crippen LogP contribution in [0.1, 0.15) is 16.1 Å². The second-order valence-corrected chi connectivity index (χ2v) is 7.34. The van der Waals surface area contributed by atoms with Gasteiger partial charge in [0.1, 0.15) is 11.5 Å². The normalized spacial score (nSPS) is 10.6. The smallest absolute Gasteiger partial charge is 0.293 e. The largest absolute Gasteiger partial charge is 0.383 e. The molecule has 0 bridgehead atoms. The molecule has 2 N–H and O–H groups in total. The molecular weight excluding hydrogens is 454 g/mol. The Morgan fingerprint density at radius 1 is 1.27 bits per heavy atom. The summed E-state index contributed by atoms with van der Waals surface area (Å²) in [7, 11) is 1.55. The van der Waals surface area contributed by atoms with Crippen LogP contribution in [-0.4, -0.2) is 40.9 Å². The summed E-state index contributed by atoms with van der Waals surface area (Å²) in [5.41, 5.74) is 1.78. The van der Waals surface area contributed by atoms with Crippen LogP contribution in [0.15, 0.2) is 53.0 Å². The van der Waals surface area contributed by atoms with E-state index in [0.29, 0.717) is 30.4 Å². The molecule has 0 unspecified atom stereocenters. The summed E-state index contributed by atoms with van der Waals surface area (Å²) in [5, 5.41) is 21.6. The predicted molar refractivity (Wildman–Crippen MR) is 117 cm³/mol. The number of nitro groups is 1. The second kappa shape index (κ2) is 9.51. The number of nitrogens with one attached hydrogen (secondary N) is 2. The topological polar surface area (TPSA) is 111 Å². The van der Waals surface area contributed by atoms with Gasteiger partial charge in [0.25, 0.3) is 11.6 Å². The fourth-order valence-corrected chi connectivity index (χ4v) is 3.23. The van der Waals surface area contributed by atoms with Crippen LogP contribution in [0.2, 0.25) is 0 Å². The summed E-state index contributed by atoms with van der Waals surface area (Å²) in [6, 6.07) is 13.5. The Bertz CT molecular complexity index is 1080. The summed E-state index contributed by atoms with van der Waals surface area (Å²) in [5.74, 6) is -0.0155. The molecule has 1 heterocycles. The number of benzene rings is 2. The van der Waals surface area contributed by atoms with Gasteiger partial charge in [0.15, 0.2) is 0 Å². The van der Waals surface area contributed by atoms with Gasteiger partial charge in [-0.1, -0.05) is 22.0 Å². The fraction of sp³-hybridized carbons (Fsp3) is 0.200. The molecule has 0 spiro atoms. The van der Waals surface area contributed by atoms with E-state index in [1.165, 1.54) is 18.2 Å². The number of nitro benzene ring substituents is 1. The van der Waals surface area contributed by atoms with Gasteiger partial charge in [0.2, 0.25) is 0 Å². The zero-order valence-corrected chi connectivity index (χ0v) is 18.0. The first kappa shape index (κ1) is 21.5. The molecule has 0 saturated heterocycles. The first-order valence-electron chi connectivity index (χ1n) is 9.04. The number of methoxy groups -OCH3 is 1. The van der Waals surface area contributed by atoms with Crippen LogP contribution in [0.4, 0.5) is 17.2 Å². The molecule has 1 amide bonds. The fourth-order valence-electron chi connectivity index (χ4n) is 2.84. The third kappa shape index (κ3) is 5.02. The lowest BCUT2D eigenvalue weighted by Gasteiger charge is -2.11. The minimum Gasteiger partial charge on any atom is -0.383 e. The van der Waals surface area contributed by atoms with Crippen molar-refractivity contribution in [2.45, 2.75) is 6.92 Å². The Balaban J connectivity index is 1.86. The number of carbonyl (C=O) groups is 1. The van der Waals surface area contributed by atoms with Crippen molar-refractivity contribution in [3.05, 3.63) is 74.4 Å². The molecule has 3 aromatic rings. The molecule has 10 heteroatoms. The Morgan fingerprint density at radius 3 is 2.77 bits per heavy atom. The van der Waals surface area contributed by atoms with Gasteiger partial charge in [-0.15, -0.1) is 0 Å². The molecule has 0 saturated carbocycles. The van der Waals surface area contributed by atoms with Crippen LogP contribution < -0.4 is 10.6 Å². The third-order valence-corrected chi connectivity index (χ3v) is 4.70. The number of ether oxygens (including phenoxy) is 1. The molecule has 0 fully saturated rings. The average molecular weight is 474 g/mol. The maximum Gasteiger partial charge on any atom is 0.293 e. The number of amides is 1. The summed E-state index contributed by atoms with van der Waals surface area (Å²) in [6.45, 7) is 2.63. The molecule has 0 atom stereocenters. The van der Waals surface area contributed by atoms with Gasteiger partial charge in [0, 0.05) is 35.8 Å². The molecule has 0 aliphatic rings. The molecule has 0 radical (unpaired) electrons. The molecule has 0 aliphatic carbocycles. The minimum absolute atomic E-state index is 0.165. The minimum atomic E-state index is -0.526. The Kier molecular flexibility index (Phi) is 6.80. The highest BCUT2D eigenvalue weighted by molar-refractivity contribution is 9.10. The van der Waals surface area contributed by atoms with Crippen LogP contribution in [0, 0.1) is 17.0 Å². The van der Waals surface area contributed by atoms with Gasteiger partial charge in [-0.2, -0.15) is 5.10 Å². The number of nitrogens with zero attached hydrogens (tertiary/aromatic N) is 3. The van der Waals surface area contributed by atoms with Crippen molar-refractivity contribution in [2.75, 3.05) is 30.9 Å². The van der Waals surface area contributed by atoms with E-state index in [0.717, 1.165) is 10.2 Å². The van der Waals surface area contributed by atoms with Crippen LogP contribution in [0.5, 0.6) is 0 Å². The van der Waals surface area contributed by atoms with E-state index in [1.807, 2.05) is 31.2 Å². The quantitative estimate of drug-likeness (QED) is 0.288. The Morgan fingerprint density at radius 2 is 2.07 bits per heavy atom. The zero-order valence-electron chi connectivity index (χ0n) is 16.4. The van der Waals surface area contributed by atoms with Crippen molar-refractivity contribution in [2.24, 2.45) is 0 Å². The Labute approximate surface area is 181 Å². The number of aromatic nitrogens is 2. The molecule has 156 valence electrons. The highest BCUT2D eigenvalue weighted by Gasteiger charge is 2.19. The highest BCUT2D eigenvalue weighted by atomic mass is 79.9. The van der Waals surface area contributed by atoms with Crippen LogP contribution in [-0.2, 0) is 4.74 Å². The summed E-state index contributed by atoms with van der Waals surface area (Å²) < 4.78 is 7.42. The van der Waals surface area contributed by atoms with Crippen molar-refractivity contribution >= 4 is 39.0 Å². The van der Waals surface area contributed by atoms with Crippen molar-refractivity contribution < 1.29 is 14.5 Å². The first-order chi connectivity index (χ1) is 14.4. The number of anilines is 2. The number of aryl methyl sites for hydroxylation is 1. The van der Waals surface area contributed by atoms with Crippen LogP contribution in [0.3, 0.4) is 0 Å². The Hall–Kier alpha value is -3.24. The molecular formula is C20H20BrN5O4. The van der Waals surface area contributed by atoms with Crippen LogP contribution in [0.25, 0.3) is 5.69 Å².